The van der Waals surface area contributed by atoms with Crippen LogP contribution in [0.5, 0.6) is 5.75 Å². The minimum Gasteiger partial charge on any atom is -0.490 e. The first-order valence-corrected chi connectivity index (χ1v) is 4.50. The zero-order chi connectivity index (χ0) is 11.3. The van der Waals surface area contributed by atoms with Gasteiger partial charge in [-0.3, -0.25) is 4.79 Å². The molecule has 0 aliphatic rings. The van der Waals surface area contributed by atoms with E-state index >= 15 is 0 Å². The Bertz CT molecular complexity index is 378. The second-order valence-electron chi connectivity index (χ2n) is 3.16. The monoisotopic (exact) mass is 205 g/mol. The molecule has 4 nitrogen and oxygen atoms in total. The number of aliphatic carboxylic acids is 1. The molecule has 1 rings (SSSR count). The maximum Gasteiger partial charge on any atom is 0.307 e. The van der Waals surface area contributed by atoms with Crippen LogP contribution in [-0.2, 0) is 4.79 Å². The van der Waals surface area contributed by atoms with E-state index in [-0.39, 0.29) is 12.5 Å². The Labute approximate surface area is 87.7 Å². The Morgan fingerprint density at radius 3 is 2.60 bits per heavy atom. The van der Waals surface area contributed by atoms with E-state index in [1.807, 2.05) is 6.07 Å². The van der Waals surface area contributed by atoms with E-state index in [0.29, 0.717) is 11.3 Å². The molecule has 78 valence electrons. The summed E-state index contributed by atoms with van der Waals surface area (Å²) < 4.78 is 5.33. The standard InChI is InChI=1S/C11H11NO3/c1-8(6-11(13)14)15-10-4-2-9(7-12)3-5-10/h2-5,8H,6H2,1H3,(H,13,14)/t8-/m1/s1. The van der Waals surface area contributed by atoms with Crippen molar-refractivity contribution in [1.82, 2.24) is 0 Å². The maximum atomic E-state index is 10.4. The van der Waals surface area contributed by atoms with Crippen LogP contribution in [0.15, 0.2) is 24.3 Å². The van der Waals surface area contributed by atoms with Crippen LogP contribution in [0.4, 0.5) is 0 Å². The Kier molecular flexibility index (Phi) is 3.69. The minimum absolute atomic E-state index is 0.0417. The van der Waals surface area contributed by atoms with Gasteiger partial charge >= 0.3 is 5.97 Å². The Balaban J connectivity index is 2.58. The fourth-order valence-corrected chi connectivity index (χ4v) is 1.13. The maximum absolute atomic E-state index is 10.4. The third-order valence-electron chi connectivity index (χ3n) is 1.78. The highest BCUT2D eigenvalue weighted by Crippen LogP contribution is 2.14. The summed E-state index contributed by atoms with van der Waals surface area (Å²) in [6.07, 6.45) is -0.421. The molecule has 1 aromatic rings. The molecule has 4 heteroatoms. The van der Waals surface area contributed by atoms with Crippen LogP contribution in [-0.4, -0.2) is 17.2 Å². The summed E-state index contributed by atoms with van der Waals surface area (Å²) >= 11 is 0. The van der Waals surface area contributed by atoms with Crippen molar-refractivity contribution >= 4 is 5.97 Å². The number of hydrogen-bond acceptors (Lipinski definition) is 3. The van der Waals surface area contributed by atoms with Crippen LogP contribution < -0.4 is 4.74 Å². The summed E-state index contributed by atoms with van der Waals surface area (Å²) in [7, 11) is 0. The second kappa shape index (κ2) is 5.01. The number of carbonyl (C=O) groups is 1. The third kappa shape index (κ3) is 3.69. The lowest BCUT2D eigenvalue weighted by Gasteiger charge is -2.12. The molecule has 0 aliphatic heterocycles. The molecule has 0 aliphatic carbocycles. The molecule has 0 bridgehead atoms. The van der Waals surface area contributed by atoms with Crippen molar-refractivity contribution in [1.29, 1.82) is 5.26 Å². The number of nitriles is 1. The number of hydrogen-bond donors (Lipinski definition) is 1. The molecule has 0 saturated carbocycles. The van der Waals surface area contributed by atoms with Gasteiger partial charge in [0.25, 0.3) is 0 Å². The Hall–Kier alpha value is -2.02. The molecular weight excluding hydrogens is 194 g/mol. The van der Waals surface area contributed by atoms with Gasteiger partial charge in [0.15, 0.2) is 0 Å². The van der Waals surface area contributed by atoms with E-state index in [1.165, 1.54) is 0 Å². The average Bonchev–Trinajstić information content (AvgIpc) is 2.17. The van der Waals surface area contributed by atoms with Crippen LogP contribution >= 0.6 is 0 Å². The highest BCUT2D eigenvalue weighted by Gasteiger charge is 2.08. The number of benzene rings is 1. The van der Waals surface area contributed by atoms with Crippen LogP contribution in [0, 0.1) is 11.3 Å². The molecule has 0 saturated heterocycles. The summed E-state index contributed by atoms with van der Waals surface area (Å²) in [5, 5.41) is 17.1. The van der Waals surface area contributed by atoms with E-state index in [9.17, 15) is 4.79 Å². The summed E-state index contributed by atoms with van der Waals surface area (Å²) in [5.74, 6) is -0.320. The van der Waals surface area contributed by atoms with Gasteiger partial charge in [0.2, 0.25) is 0 Å². The van der Waals surface area contributed by atoms with Crippen LogP contribution in [0.1, 0.15) is 18.9 Å². The predicted molar refractivity (Wildman–Crippen MR) is 53.5 cm³/mol. The van der Waals surface area contributed by atoms with Crippen LogP contribution in [0.3, 0.4) is 0 Å². The normalized spacial score (nSPS) is 11.5. The number of nitrogens with zero attached hydrogens (tertiary/aromatic N) is 1. The molecule has 0 heterocycles. The first-order chi connectivity index (χ1) is 7.11. The van der Waals surface area contributed by atoms with Crippen molar-refractivity contribution in [2.24, 2.45) is 0 Å². The van der Waals surface area contributed by atoms with Crippen LogP contribution in [0.2, 0.25) is 0 Å². The SMILES string of the molecule is C[C@H](CC(=O)O)Oc1ccc(C#N)cc1. The van der Waals surface area contributed by atoms with Crippen molar-refractivity contribution < 1.29 is 14.6 Å². The first kappa shape index (κ1) is 11.1. The van der Waals surface area contributed by atoms with Gasteiger partial charge in [-0.15, -0.1) is 0 Å². The highest BCUT2D eigenvalue weighted by atomic mass is 16.5. The molecule has 1 atom stereocenters. The molecule has 1 N–H and O–H groups in total. The smallest absolute Gasteiger partial charge is 0.307 e. The van der Waals surface area contributed by atoms with E-state index in [1.54, 1.807) is 31.2 Å². The molecular formula is C11H11NO3. The number of carboxylic acids is 1. The van der Waals surface area contributed by atoms with Gasteiger partial charge in [0.05, 0.1) is 18.1 Å². The summed E-state index contributed by atoms with van der Waals surface area (Å²) in [6, 6.07) is 8.55. The number of carboxylic acid groups (broad SMARTS) is 1. The van der Waals surface area contributed by atoms with Crippen LogP contribution in [0.25, 0.3) is 0 Å². The Morgan fingerprint density at radius 2 is 2.13 bits per heavy atom. The predicted octanol–water partition coefficient (Wildman–Crippen LogP) is 1.80. The zero-order valence-electron chi connectivity index (χ0n) is 8.30. The van der Waals surface area contributed by atoms with E-state index in [2.05, 4.69) is 0 Å². The third-order valence-corrected chi connectivity index (χ3v) is 1.78. The fraction of sp³-hybridized carbons (Fsp3) is 0.273. The molecule has 0 radical (unpaired) electrons. The van der Waals surface area contributed by atoms with E-state index in [0.717, 1.165) is 0 Å². The van der Waals surface area contributed by atoms with Gasteiger partial charge in [0.1, 0.15) is 11.9 Å². The lowest BCUT2D eigenvalue weighted by Crippen LogP contribution is -2.16. The van der Waals surface area contributed by atoms with E-state index < -0.39 is 5.97 Å². The lowest BCUT2D eigenvalue weighted by atomic mass is 10.2. The van der Waals surface area contributed by atoms with Crippen molar-refractivity contribution in [2.45, 2.75) is 19.4 Å². The summed E-state index contributed by atoms with van der Waals surface area (Å²) in [6.45, 7) is 1.69. The topological polar surface area (TPSA) is 70.3 Å². The van der Waals surface area contributed by atoms with Crippen molar-refractivity contribution in [2.75, 3.05) is 0 Å². The molecule has 0 fully saturated rings. The minimum atomic E-state index is -0.892. The van der Waals surface area contributed by atoms with Gasteiger partial charge in [0, 0.05) is 0 Å². The second-order valence-corrected chi connectivity index (χ2v) is 3.16. The highest BCUT2D eigenvalue weighted by molar-refractivity contribution is 5.67. The fourth-order valence-electron chi connectivity index (χ4n) is 1.13. The quantitative estimate of drug-likeness (QED) is 0.813. The van der Waals surface area contributed by atoms with Gasteiger partial charge in [-0.2, -0.15) is 5.26 Å². The molecule has 15 heavy (non-hydrogen) atoms. The first-order valence-electron chi connectivity index (χ1n) is 4.50. The Morgan fingerprint density at radius 1 is 1.53 bits per heavy atom. The van der Waals surface area contributed by atoms with Gasteiger partial charge in [-0.1, -0.05) is 0 Å². The van der Waals surface area contributed by atoms with Crippen molar-refractivity contribution in [3.8, 4) is 11.8 Å². The van der Waals surface area contributed by atoms with E-state index in [4.69, 9.17) is 15.1 Å². The zero-order valence-corrected chi connectivity index (χ0v) is 8.30. The molecule has 1 aromatic carbocycles. The average molecular weight is 205 g/mol. The number of rotatable bonds is 4. The molecule has 0 spiro atoms. The molecule has 0 amide bonds. The summed E-state index contributed by atoms with van der Waals surface area (Å²) in [5.41, 5.74) is 0.549. The number of ether oxygens (including phenoxy) is 1. The van der Waals surface area contributed by atoms with Gasteiger partial charge in [-0.25, -0.2) is 0 Å². The molecule has 0 unspecified atom stereocenters. The van der Waals surface area contributed by atoms with Gasteiger partial charge in [-0.05, 0) is 31.2 Å². The molecule has 0 aromatic heterocycles. The van der Waals surface area contributed by atoms with Crippen molar-refractivity contribution in [3.63, 3.8) is 0 Å². The lowest BCUT2D eigenvalue weighted by molar-refractivity contribution is -0.138. The van der Waals surface area contributed by atoms with Crippen molar-refractivity contribution in [3.05, 3.63) is 29.8 Å². The van der Waals surface area contributed by atoms with Gasteiger partial charge < -0.3 is 9.84 Å². The largest absolute Gasteiger partial charge is 0.490 e. The summed E-state index contributed by atoms with van der Waals surface area (Å²) in [4.78, 5) is 10.4.